The van der Waals surface area contributed by atoms with Crippen molar-refractivity contribution in [2.24, 2.45) is 0 Å². The molecule has 1 saturated heterocycles. The van der Waals surface area contributed by atoms with E-state index in [-0.39, 0.29) is 0 Å². The lowest BCUT2D eigenvalue weighted by atomic mass is 10.3. The molecule has 0 unspecified atom stereocenters. The molecule has 3 nitrogen and oxygen atoms in total. The average molecular weight is 180 g/mol. The zero-order valence-electron chi connectivity index (χ0n) is 8.12. The zero-order valence-corrected chi connectivity index (χ0v) is 8.12. The second-order valence-electron chi connectivity index (χ2n) is 3.73. The summed E-state index contributed by atoms with van der Waals surface area (Å²) in [6.45, 7) is 5.59. The largest absolute Gasteiger partial charge is 0.361 e. The monoisotopic (exact) mass is 180 g/mol. The Balaban J connectivity index is 1.78. The van der Waals surface area contributed by atoms with Crippen molar-refractivity contribution >= 4 is 0 Å². The van der Waals surface area contributed by atoms with E-state index in [0.717, 1.165) is 24.4 Å². The van der Waals surface area contributed by atoms with Gasteiger partial charge in [0.2, 0.25) is 0 Å². The fourth-order valence-corrected chi connectivity index (χ4v) is 1.81. The molecule has 1 aliphatic rings. The maximum atomic E-state index is 5.01. The van der Waals surface area contributed by atoms with Crippen LogP contribution in [-0.2, 0) is 6.42 Å². The van der Waals surface area contributed by atoms with Crippen LogP contribution in [0.2, 0.25) is 0 Å². The predicted octanol–water partition coefficient (Wildman–Crippen LogP) is 1.62. The minimum absolute atomic E-state index is 0.913. The second kappa shape index (κ2) is 3.92. The van der Waals surface area contributed by atoms with Crippen LogP contribution in [-0.4, -0.2) is 29.7 Å². The van der Waals surface area contributed by atoms with Gasteiger partial charge in [-0.15, -0.1) is 0 Å². The van der Waals surface area contributed by atoms with E-state index in [1.54, 1.807) is 0 Å². The summed E-state index contributed by atoms with van der Waals surface area (Å²) in [5, 5.41) is 3.98. The van der Waals surface area contributed by atoms with Crippen molar-refractivity contribution in [3.63, 3.8) is 0 Å². The van der Waals surface area contributed by atoms with E-state index in [1.165, 1.54) is 25.9 Å². The van der Waals surface area contributed by atoms with Gasteiger partial charge in [-0.1, -0.05) is 5.16 Å². The third kappa shape index (κ3) is 2.31. The maximum absolute atomic E-state index is 5.01. The molecule has 0 N–H and O–H groups in total. The van der Waals surface area contributed by atoms with Crippen LogP contribution in [0.15, 0.2) is 10.6 Å². The van der Waals surface area contributed by atoms with E-state index >= 15 is 0 Å². The lowest BCUT2D eigenvalue weighted by molar-refractivity contribution is 0.335. The summed E-state index contributed by atoms with van der Waals surface area (Å²) in [5.74, 6) is 0.913. The molecule has 13 heavy (non-hydrogen) atoms. The van der Waals surface area contributed by atoms with Crippen LogP contribution < -0.4 is 0 Å². The predicted molar refractivity (Wildman–Crippen MR) is 50.6 cm³/mol. The highest BCUT2D eigenvalue weighted by Gasteiger charge is 2.11. The van der Waals surface area contributed by atoms with Gasteiger partial charge >= 0.3 is 0 Å². The normalized spacial score (nSPS) is 18.2. The minimum atomic E-state index is 0.913. The Hall–Kier alpha value is -0.830. The van der Waals surface area contributed by atoms with Crippen LogP contribution in [0.25, 0.3) is 0 Å². The maximum Gasteiger partial charge on any atom is 0.133 e. The van der Waals surface area contributed by atoms with E-state index in [4.69, 9.17) is 4.52 Å². The number of rotatable bonds is 3. The van der Waals surface area contributed by atoms with E-state index < -0.39 is 0 Å². The van der Waals surface area contributed by atoms with Gasteiger partial charge in [0, 0.05) is 19.0 Å². The molecule has 72 valence electrons. The smallest absolute Gasteiger partial charge is 0.133 e. The first-order valence-electron chi connectivity index (χ1n) is 4.99. The molecule has 0 atom stereocenters. The third-order valence-electron chi connectivity index (χ3n) is 2.56. The molecule has 1 aromatic rings. The number of aryl methyl sites for hydroxylation is 1. The fraction of sp³-hybridized carbons (Fsp3) is 0.700. The molecule has 2 heterocycles. The summed E-state index contributed by atoms with van der Waals surface area (Å²) in [7, 11) is 0. The molecule has 1 aromatic heterocycles. The first-order valence-corrected chi connectivity index (χ1v) is 4.99. The Morgan fingerprint density at radius 1 is 1.46 bits per heavy atom. The van der Waals surface area contributed by atoms with Crippen LogP contribution in [0, 0.1) is 6.92 Å². The van der Waals surface area contributed by atoms with Gasteiger partial charge in [-0.3, -0.25) is 0 Å². The summed E-state index contributed by atoms with van der Waals surface area (Å²) >= 11 is 0. The quantitative estimate of drug-likeness (QED) is 0.708. The van der Waals surface area contributed by atoms with Gasteiger partial charge in [-0.25, -0.2) is 0 Å². The van der Waals surface area contributed by atoms with Gasteiger partial charge in [0.1, 0.15) is 5.76 Å². The molecular weight excluding hydrogens is 164 g/mol. The molecule has 3 heteroatoms. The molecule has 0 aliphatic carbocycles. The molecule has 1 fully saturated rings. The standard InChI is InChI=1S/C10H16N2O/c1-9-8-10(11-13-9)4-7-12-5-2-3-6-12/h8H,2-7H2,1H3. The zero-order chi connectivity index (χ0) is 9.10. The van der Waals surface area contributed by atoms with Crippen molar-refractivity contribution in [1.82, 2.24) is 10.1 Å². The van der Waals surface area contributed by atoms with Crippen LogP contribution >= 0.6 is 0 Å². The number of nitrogens with zero attached hydrogens (tertiary/aromatic N) is 2. The van der Waals surface area contributed by atoms with Gasteiger partial charge in [-0.05, 0) is 32.9 Å². The number of hydrogen-bond donors (Lipinski definition) is 0. The average Bonchev–Trinajstić information content (AvgIpc) is 2.71. The van der Waals surface area contributed by atoms with Crippen molar-refractivity contribution < 1.29 is 4.52 Å². The number of aromatic nitrogens is 1. The fourth-order valence-electron chi connectivity index (χ4n) is 1.81. The first kappa shape index (κ1) is 8.75. The Kier molecular flexibility index (Phi) is 2.64. The molecule has 0 saturated carbocycles. The molecular formula is C10H16N2O. The molecule has 0 amide bonds. The molecule has 0 aromatic carbocycles. The highest BCUT2D eigenvalue weighted by atomic mass is 16.5. The van der Waals surface area contributed by atoms with E-state index in [0.29, 0.717) is 0 Å². The number of likely N-dealkylation sites (tertiary alicyclic amines) is 1. The Bertz CT molecular complexity index is 264. The summed E-state index contributed by atoms with van der Waals surface area (Å²) < 4.78 is 5.01. The highest BCUT2D eigenvalue weighted by Crippen LogP contribution is 2.09. The van der Waals surface area contributed by atoms with Gasteiger partial charge in [0.25, 0.3) is 0 Å². The molecule has 0 radical (unpaired) electrons. The van der Waals surface area contributed by atoms with Crippen molar-refractivity contribution in [3.05, 3.63) is 17.5 Å². The first-order chi connectivity index (χ1) is 6.34. The Morgan fingerprint density at radius 3 is 2.85 bits per heavy atom. The SMILES string of the molecule is Cc1cc(CCN2CCCC2)no1. The van der Waals surface area contributed by atoms with Crippen molar-refractivity contribution in [2.45, 2.75) is 26.2 Å². The second-order valence-corrected chi connectivity index (χ2v) is 3.73. The van der Waals surface area contributed by atoms with E-state index in [2.05, 4.69) is 10.1 Å². The Morgan fingerprint density at radius 2 is 2.23 bits per heavy atom. The van der Waals surface area contributed by atoms with Crippen LogP contribution in [0.1, 0.15) is 24.3 Å². The van der Waals surface area contributed by atoms with Crippen molar-refractivity contribution in [1.29, 1.82) is 0 Å². The topological polar surface area (TPSA) is 29.3 Å². The molecule has 2 rings (SSSR count). The molecule has 0 spiro atoms. The number of hydrogen-bond acceptors (Lipinski definition) is 3. The summed E-state index contributed by atoms with van der Waals surface area (Å²) in [5.41, 5.74) is 1.09. The summed E-state index contributed by atoms with van der Waals surface area (Å²) in [6, 6.07) is 2.02. The molecule has 0 bridgehead atoms. The van der Waals surface area contributed by atoms with Gasteiger partial charge in [0.05, 0.1) is 5.69 Å². The van der Waals surface area contributed by atoms with Gasteiger partial charge in [-0.2, -0.15) is 0 Å². The third-order valence-corrected chi connectivity index (χ3v) is 2.56. The lowest BCUT2D eigenvalue weighted by Gasteiger charge is -2.12. The summed E-state index contributed by atoms with van der Waals surface area (Å²) in [6.07, 6.45) is 3.74. The highest BCUT2D eigenvalue weighted by molar-refractivity contribution is 5.03. The summed E-state index contributed by atoms with van der Waals surface area (Å²) in [4.78, 5) is 2.49. The van der Waals surface area contributed by atoms with Gasteiger partial charge in [0.15, 0.2) is 0 Å². The van der Waals surface area contributed by atoms with Crippen LogP contribution in [0.3, 0.4) is 0 Å². The van der Waals surface area contributed by atoms with E-state index in [1.807, 2.05) is 13.0 Å². The van der Waals surface area contributed by atoms with Gasteiger partial charge < -0.3 is 9.42 Å². The van der Waals surface area contributed by atoms with E-state index in [9.17, 15) is 0 Å². The van der Waals surface area contributed by atoms with Crippen LogP contribution in [0.5, 0.6) is 0 Å². The van der Waals surface area contributed by atoms with Crippen molar-refractivity contribution in [2.75, 3.05) is 19.6 Å². The molecule has 1 aliphatic heterocycles. The minimum Gasteiger partial charge on any atom is -0.361 e. The lowest BCUT2D eigenvalue weighted by Crippen LogP contribution is -2.21. The van der Waals surface area contributed by atoms with Crippen molar-refractivity contribution in [3.8, 4) is 0 Å². The Labute approximate surface area is 78.7 Å². The van der Waals surface area contributed by atoms with Crippen LogP contribution in [0.4, 0.5) is 0 Å².